The fourth-order valence-corrected chi connectivity index (χ4v) is 5.00. The molecule has 180 valence electrons. The normalized spacial score (nSPS) is 19.5. The number of hydrogen-bond donors (Lipinski definition) is 3. The van der Waals surface area contributed by atoms with Crippen LogP contribution in [-0.4, -0.2) is 41.8 Å². The molecule has 34 heavy (non-hydrogen) atoms. The standard InChI is InChI=1S/C27H32N2O5/c1-16(2)24(14-26(31)32)29-25(30)13-17-11-18(12-17)28-27(33)34-15-23-21-9-5-3-7-19(21)20-8-4-6-10-22(20)23/h3-10,16-18,23-24H,11-15H2,1-2H3,(H,28,33)(H,29,30)(H,31,32)/t17?,18?,24-/m1/s1. The van der Waals surface area contributed by atoms with Gasteiger partial charge in [0, 0.05) is 24.4 Å². The number of amides is 2. The van der Waals surface area contributed by atoms with Crippen LogP contribution < -0.4 is 10.6 Å². The van der Waals surface area contributed by atoms with Crippen LogP contribution in [0.3, 0.4) is 0 Å². The molecule has 3 N–H and O–H groups in total. The minimum absolute atomic E-state index is 0.00614. The number of alkyl carbamates (subject to hydrolysis) is 1. The predicted octanol–water partition coefficient (Wildman–Crippen LogP) is 4.31. The van der Waals surface area contributed by atoms with Gasteiger partial charge in [-0.2, -0.15) is 0 Å². The van der Waals surface area contributed by atoms with E-state index in [1.165, 1.54) is 22.3 Å². The molecule has 4 rings (SSSR count). The largest absolute Gasteiger partial charge is 0.481 e. The molecular formula is C27H32N2O5. The average molecular weight is 465 g/mol. The second kappa shape index (κ2) is 10.3. The van der Waals surface area contributed by atoms with E-state index in [4.69, 9.17) is 9.84 Å². The lowest BCUT2D eigenvalue weighted by molar-refractivity contribution is -0.138. The first-order valence-corrected chi connectivity index (χ1v) is 11.9. The maximum Gasteiger partial charge on any atom is 0.407 e. The molecule has 0 aromatic heterocycles. The molecule has 2 amide bonds. The summed E-state index contributed by atoms with van der Waals surface area (Å²) in [5, 5.41) is 14.8. The predicted molar refractivity (Wildman–Crippen MR) is 128 cm³/mol. The number of ether oxygens (including phenoxy) is 1. The first-order chi connectivity index (χ1) is 16.3. The lowest BCUT2D eigenvalue weighted by Gasteiger charge is -2.35. The van der Waals surface area contributed by atoms with Gasteiger partial charge in [0.2, 0.25) is 5.91 Å². The molecule has 2 aromatic rings. The van der Waals surface area contributed by atoms with Gasteiger partial charge in [-0.05, 0) is 46.9 Å². The van der Waals surface area contributed by atoms with Crippen molar-refractivity contribution in [2.24, 2.45) is 11.8 Å². The zero-order chi connectivity index (χ0) is 24.2. The van der Waals surface area contributed by atoms with Gasteiger partial charge in [-0.15, -0.1) is 0 Å². The van der Waals surface area contributed by atoms with Crippen molar-refractivity contribution >= 4 is 18.0 Å². The molecule has 0 radical (unpaired) electrons. The lowest BCUT2D eigenvalue weighted by Crippen LogP contribution is -2.47. The number of hydrogen-bond acceptors (Lipinski definition) is 4. The zero-order valence-electron chi connectivity index (χ0n) is 19.6. The molecule has 1 saturated carbocycles. The SMILES string of the molecule is CC(C)[C@@H](CC(=O)O)NC(=O)CC1CC(NC(=O)OCC2c3ccccc3-c3ccccc32)C1. The van der Waals surface area contributed by atoms with E-state index in [1.807, 2.05) is 38.1 Å². The Hall–Kier alpha value is -3.35. The quantitative estimate of drug-likeness (QED) is 0.513. The summed E-state index contributed by atoms with van der Waals surface area (Å²) < 4.78 is 5.59. The van der Waals surface area contributed by atoms with Gasteiger partial charge in [-0.25, -0.2) is 4.79 Å². The summed E-state index contributed by atoms with van der Waals surface area (Å²) in [6, 6.07) is 16.1. The van der Waals surface area contributed by atoms with Gasteiger partial charge in [0.05, 0.1) is 6.42 Å². The van der Waals surface area contributed by atoms with Crippen LogP contribution in [-0.2, 0) is 14.3 Å². The fraction of sp³-hybridized carbons (Fsp3) is 0.444. The number of carbonyl (C=O) groups excluding carboxylic acids is 2. The number of carboxylic acid groups (broad SMARTS) is 1. The molecule has 1 fully saturated rings. The number of aliphatic carboxylic acids is 1. The van der Waals surface area contributed by atoms with Gasteiger partial charge in [0.15, 0.2) is 0 Å². The van der Waals surface area contributed by atoms with E-state index in [0.717, 1.165) is 0 Å². The van der Waals surface area contributed by atoms with Crippen LogP contribution in [0.4, 0.5) is 4.79 Å². The molecule has 0 spiro atoms. The minimum atomic E-state index is -0.921. The summed E-state index contributed by atoms with van der Waals surface area (Å²) >= 11 is 0. The van der Waals surface area contributed by atoms with Crippen LogP contribution in [0, 0.1) is 11.8 Å². The number of carboxylic acids is 1. The van der Waals surface area contributed by atoms with Crippen LogP contribution in [0.5, 0.6) is 0 Å². The molecule has 2 aromatic carbocycles. The van der Waals surface area contributed by atoms with Crippen molar-refractivity contribution in [1.82, 2.24) is 10.6 Å². The number of benzene rings is 2. The van der Waals surface area contributed by atoms with E-state index in [2.05, 4.69) is 34.9 Å². The third-order valence-corrected chi connectivity index (χ3v) is 6.92. The summed E-state index contributed by atoms with van der Waals surface area (Å²) in [6.45, 7) is 4.07. The highest BCUT2D eigenvalue weighted by Crippen LogP contribution is 2.44. The Balaban J connectivity index is 1.21. The van der Waals surface area contributed by atoms with Gasteiger partial charge in [0.1, 0.15) is 6.61 Å². The Labute approximate surface area is 199 Å². The Morgan fingerprint density at radius 3 is 2.15 bits per heavy atom. The van der Waals surface area contributed by atoms with Gasteiger partial charge in [0.25, 0.3) is 0 Å². The van der Waals surface area contributed by atoms with Gasteiger partial charge < -0.3 is 20.5 Å². The summed E-state index contributed by atoms with van der Waals surface area (Å²) in [5.41, 5.74) is 4.73. The third kappa shape index (κ3) is 5.41. The second-order valence-electron chi connectivity index (χ2n) is 9.72. The number of fused-ring (bicyclic) bond motifs is 3. The molecule has 1 atom stereocenters. The first-order valence-electron chi connectivity index (χ1n) is 11.9. The van der Waals surface area contributed by atoms with E-state index in [0.29, 0.717) is 19.3 Å². The molecule has 0 heterocycles. The van der Waals surface area contributed by atoms with Gasteiger partial charge in [-0.3, -0.25) is 9.59 Å². The number of rotatable bonds is 9. The van der Waals surface area contributed by atoms with Crippen molar-refractivity contribution in [2.45, 2.75) is 57.5 Å². The van der Waals surface area contributed by atoms with E-state index >= 15 is 0 Å². The van der Waals surface area contributed by atoms with Crippen molar-refractivity contribution in [3.63, 3.8) is 0 Å². The van der Waals surface area contributed by atoms with Crippen LogP contribution in [0.2, 0.25) is 0 Å². The molecule has 2 aliphatic carbocycles. The average Bonchev–Trinajstić information content (AvgIpc) is 3.09. The molecule has 0 bridgehead atoms. The Morgan fingerprint density at radius 2 is 1.59 bits per heavy atom. The molecule has 7 heteroatoms. The van der Waals surface area contributed by atoms with Crippen molar-refractivity contribution in [3.8, 4) is 11.1 Å². The maximum atomic E-state index is 12.4. The van der Waals surface area contributed by atoms with Crippen molar-refractivity contribution in [3.05, 3.63) is 59.7 Å². The van der Waals surface area contributed by atoms with E-state index in [1.54, 1.807) is 0 Å². The number of carbonyl (C=O) groups is 3. The topological polar surface area (TPSA) is 105 Å². The van der Waals surface area contributed by atoms with Crippen LogP contribution in [0.15, 0.2) is 48.5 Å². The number of nitrogens with one attached hydrogen (secondary N) is 2. The fourth-order valence-electron chi connectivity index (χ4n) is 5.00. The molecular weight excluding hydrogens is 432 g/mol. The lowest BCUT2D eigenvalue weighted by atomic mass is 9.78. The molecule has 2 aliphatic rings. The minimum Gasteiger partial charge on any atom is -0.481 e. The summed E-state index contributed by atoms with van der Waals surface area (Å²) in [7, 11) is 0. The Morgan fingerprint density at radius 1 is 1.00 bits per heavy atom. The van der Waals surface area contributed by atoms with Crippen molar-refractivity contribution in [2.75, 3.05) is 6.61 Å². The molecule has 7 nitrogen and oxygen atoms in total. The maximum absolute atomic E-state index is 12.4. The third-order valence-electron chi connectivity index (χ3n) is 6.92. The molecule has 0 aliphatic heterocycles. The molecule has 0 saturated heterocycles. The molecule has 0 unspecified atom stereocenters. The highest BCUT2D eigenvalue weighted by Gasteiger charge is 2.34. The van der Waals surface area contributed by atoms with E-state index < -0.39 is 12.1 Å². The highest BCUT2D eigenvalue weighted by atomic mass is 16.5. The highest BCUT2D eigenvalue weighted by molar-refractivity contribution is 5.79. The monoisotopic (exact) mass is 464 g/mol. The van der Waals surface area contributed by atoms with Crippen LogP contribution in [0.1, 0.15) is 56.6 Å². The Kier molecular flexibility index (Phi) is 7.20. The summed E-state index contributed by atoms with van der Waals surface area (Å²) in [5.74, 6) is -0.809. The van der Waals surface area contributed by atoms with Gasteiger partial charge in [-0.1, -0.05) is 62.4 Å². The smallest absolute Gasteiger partial charge is 0.407 e. The summed E-state index contributed by atoms with van der Waals surface area (Å²) in [6.07, 6.45) is 1.24. The zero-order valence-corrected chi connectivity index (χ0v) is 19.6. The van der Waals surface area contributed by atoms with E-state index in [-0.39, 0.29) is 48.8 Å². The first kappa shape index (κ1) is 23.8. The van der Waals surface area contributed by atoms with Crippen molar-refractivity contribution in [1.29, 1.82) is 0 Å². The van der Waals surface area contributed by atoms with Crippen molar-refractivity contribution < 1.29 is 24.2 Å². The van der Waals surface area contributed by atoms with Crippen LogP contribution >= 0.6 is 0 Å². The van der Waals surface area contributed by atoms with Gasteiger partial charge >= 0.3 is 12.1 Å². The summed E-state index contributed by atoms with van der Waals surface area (Å²) in [4.78, 5) is 35.7. The Bertz CT molecular complexity index is 1010. The van der Waals surface area contributed by atoms with E-state index in [9.17, 15) is 14.4 Å². The van der Waals surface area contributed by atoms with Crippen LogP contribution in [0.25, 0.3) is 11.1 Å². The second-order valence-corrected chi connectivity index (χ2v) is 9.72.